The van der Waals surface area contributed by atoms with E-state index in [1.165, 1.54) is 19.9 Å². The van der Waals surface area contributed by atoms with Gasteiger partial charge in [-0.15, -0.1) is 0 Å². The smallest absolute Gasteiger partial charge is 0.200 e. The third-order valence-corrected chi connectivity index (χ3v) is 3.48. The minimum Gasteiger partial charge on any atom is -0.550 e. The van der Waals surface area contributed by atoms with Gasteiger partial charge in [0.25, 0.3) is 0 Å². The van der Waals surface area contributed by atoms with Crippen LogP contribution >= 0.6 is 0 Å². The molecule has 0 aliphatic rings. The van der Waals surface area contributed by atoms with Gasteiger partial charge in [0.15, 0.2) is 23.3 Å². The van der Waals surface area contributed by atoms with E-state index < -0.39 is 40.7 Å². The molecule has 26 heavy (non-hydrogen) atoms. The molecule has 1 N–H and O–H groups in total. The van der Waals surface area contributed by atoms with Gasteiger partial charge >= 0.3 is 0 Å². The van der Waals surface area contributed by atoms with Crippen LogP contribution in [0.2, 0.25) is 0 Å². The van der Waals surface area contributed by atoms with Crippen LogP contribution in [-0.2, 0) is 11.2 Å². The topological polar surface area (TPSA) is 77.7 Å². The Labute approximate surface area is 144 Å². The Morgan fingerprint density at radius 1 is 1.12 bits per heavy atom. The molecule has 1 aromatic heterocycles. The van der Waals surface area contributed by atoms with Gasteiger partial charge in [0.2, 0.25) is 5.82 Å². The number of benzene rings is 1. The number of hydrogen-bond acceptors (Lipinski definition) is 5. The van der Waals surface area contributed by atoms with Gasteiger partial charge in [0.05, 0.1) is 5.71 Å². The van der Waals surface area contributed by atoms with Crippen molar-refractivity contribution in [1.82, 2.24) is 0 Å². The predicted octanol–water partition coefficient (Wildman–Crippen LogP) is 2.80. The summed E-state index contributed by atoms with van der Waals surface area (Å²) < 4.78 is 71.8. The molecule has 1 heterocycles. The van der Waals surface area contributed by atoms with Crippen LogP contribution in [0, 0.1) is 36.0 Å². The Bertz CT molecular complexity index is 863. The van der Waals surface area contributed by atoms with Crippen molar-refractivity contribution in [2.45, 2.75) is 26.7 Å². The third kappa shape index (κ3) is 3.84. The van der Waals surface area contributed by atoms with Crippen molar-refractivity contribution in [3.8, 4) is 0 Å². The first-order valence-corrected chi connectivity index (χ1v) is 7.24. The van der Waals surface area contributed by atoms with Gasteiger partial charge in [-0.2, -0.15) is 5.10 Å². The van der Waals surface area contributed by atoms with E-state index in [9.17, 15) is 31.9 Å². The first kappa shape index (κ1) is 19.4. The summed E-state index contributed by atoms with van der Waals surface area (Å²) >= 11 is 0. The van der Waals surface area contributed by atoms with E-state index >= 15 is 0 Å². The number of anilines is 1. The molecule has 0 aliphatic carbocycles. The lowest BCUT2D eigenvalue weighted by atomic mass is 10.1. The SMILES string of the molecule is C/C(=N/Nc1c(F)c(F)c(F)c(F)c1F)c1cc(CCC(=O)[O-])oc1C. The van der Waals surface area contributed by atoms with Crippen LogP contribution in [-0.4, -0.2) is 11.7 Å². The third-order valence-electron chi connectivity index (χ3n) is 3.48. The second-order valence-electron chi connectivity index (χ2n) is 5.31. The minimum absolute atomic E-state index is 0.0571. The van der Waals surface area contributed by atoms with E-state index in [2.05, 4.69) is 5.10 Å². The molecule has 0 bridgehead atoms. The minimum atomic E-state index is -2.27. The quantitative estimate of drug-likeness (QED) is 0.277. The van der Waals surface area contributed by atoms with Crippen LogP contribution < -0.4 is 10.5 Å². The van der Waals surface area contributed by atoms with Crippen molar-refractivity contribution < 1.29 is 36.3 Å². The fraction of sp³-hybridized carbons (Fsp3) is 0.250. The fourth-order valence-corrected chi connectivity index (χ4v) is 2.15. The van der Waals surface area contributed by atoms with Gasteiger partial charge < -0.3 is 14.3 Å². The highest BCUT2D eigenvalue weighted by molar-refractivity contribution is 6.00. The van der Waals surface area contributed by atoms with Crippen molar-refractivity contribution in [3.05, 3.63) is 52.2 Å². The molecular formula is C16H12F5N2O3-. The summed E-state index contributed by atoms with van der Waals surface area (Å²) in [6.07, 6.45) is -0.215. The van der Waals surface area contributed by atoms with Crippen molar-refractivity contribution in [2.75, 3.05) is 5.43 Å². The number of carboxylic acid groups (broad SMARTS) is 1. The maximum Gasteiger partial charge on any atom is 0.200 e. The Kier molecular flexibility index (Phi) is 5.63. The van der Waals surface area contributed by atoms with E-state index in [0.29, 0.717) is 17.1 Å². The van der Waals surface area contributed by atoms with Crippen molar-refractivity contribution >= 4 is 17.4 Å². The van der Waals surface area contributed by atoms with Crippen LogP contribution in [0.15, 0.2) is 15.6 Å². The zero-order valence-electron chi connectivity index (χ0n) is 13.6. The molecule has 0 atom stereocenters. The molecule has 140 valence electrons. The molecule has 0 amide bonds. The van der Waals surface area contributed by atoms with Crippen LogP contribution in [0.3, 0.4) is 0 Å². The molecule has 0 aliphatic heterocycles. The Morgan fingerprint density at radius 2 is 1.65 bits per heavy atom. The van der Waals surface area contributed by atoms with E-state index in [-0.39, 0.29) is 18.6 Å². The van der Waals surface area contributed by atoms with Gasteiger partial charge in [-0.3, -0.25) is 5.43 Å². The Morgan fingerprint density at radius 3 is 2.19 bits per heavy atom. The van der Waals surface area contributed by atoms with E-state index in [1.54, 1.807) is 0 Å². The van der Waals surface area contributed by atoms with Gasteiger partial charge in [0.1, 0.15) is 17.2 Å². The molecule has 5 nitrogen and oxygen atoms in total. The Balaban J connectivity index is 2.28. The normalized spacial score (nSPS) is 11.7. The first-order valence-electron chi connectivity index (χ1n) is 7.24. The molecule has 0 spiro atoms. The maximum atomic E-state index is 13.6. The van der Waals surface area contributed by atoms with Gasteiger partial charge in [0, 0.05) is 18.0 Å². The van der Waals surface area contributed by atoms with Crippen molar-refractivity contribution in [1.29, 1.82) is 0 Å². The summed E-state index contributed by atoms with van der Waals surface area (Å²) in [6, 6.07) is 1.46. The summed E-state index contributed by atoms with van der Waals surface area (Å²) in [7, 11) is 0. The number of carbonyl (C=O) groups excluding carboxylic acids is 1. The molecule has 2 aromatic rings. The van der Waals surface area contributed by atoms with Crippen LogP contribution in [0.4, 0.5) is 27.6 Å². The summed E-state index contributed by atoms with van der Waals surface area (Å²) in [5.41, 5.74) is 1.02. The molecule has 0 saturated heterocycles. The summed E-state index contributed by atoms with van der Waals surface area (Å²) in [4.78, 5) is 10.5. The molecular weight excluding hydrogens is 363 g/mol. The number of rotatable bonds is 6. The summed E-state index contributed by atoms with van der Waals surface area (Å²) in [5.74, 6) is -11.2. The fourth-order valence-electron chi connectivity index (χ4n) is 2.15. The molecule has 1 aromatic carbocycles. The second kappa shape index (κ2) is 7.54. The van der Waals surface area contributed by atoms with Crippen molar-refractivity contribution in [2.24, 2.45) is 5.10 Å². The van der Waals surface area contributed by atoms with Crippen LogP contribution in [0.5, 0.6) is 0 Å². The number of nitrogens with zero attached hydrogens (tertiary/aromatic N) is 1. The first-order chi connectivity index (χ1) is 12.1. The predicted molar refractivity (Wildman–Crippen MR) is 78.8 cm³/mol. The number of carboxylic acids is 1. The average Bonchev–Trinajstić information content (AvgIpc) is 2.97. The number of hydrogen-bond donors (Lipinski definition) is 1. The molecule has 10 heteroatoms. The molecule has 0 radical (unpaired) electrons. The number of furan rings is 1. The van der Waals surface area contributed by atoms with Crippen molar-refractivity contribution in [3.63, 3.8) is 0 Å². The largest absolute Gasteiger partial charge is 0.550 e. The van der Waals surface area contributed by atoms with Crippen LogP contribution in [0.1, 0.15) is 30.4 Å². The number of carbonyl (C=O) groups is 1. The standard InChI is InChI=1S/C16H13F5N2O3/c1-6(9-5-8(26-7(9)2)3-4-10(24)25)22-23-16-14(20)12(18)11(17)13(19)15(16)21/h5,23H,3-4H2,1-2H3,(H,24,25)/p-1/b22-6-. The van der Waals surface area contributed by atoms with E-state index in [1.807, 2.05) is 5.43 Å². The highest BCUT2D eigenvalue weighted by Gasteiger charge is 2.25. The number of hydrazone groups is 1. The summed E-state index contributed by atoms with van der Waals surface area (Å²) in [6.45, 7) is 2.94. The number of aliphatic carboxylic acids is 1. The highest BCUT2D eigenvalue weighted by atomic mass is 19.2. The second-order valence-corrected chi connectivity index (χ2v) is 5.31. The highest BCUT2D eigenvalue weighted by Crippen LogP contribution is 2.27. The lowest BCUT2D eigenvalue weighted by Gasteiger charge is -2.08. The van der Waals surface area contributed by atoms with Gasteiger partial charge in [-0.05, 0) is 26.3 Å². The van der Waals surface area contributed by atoms with Gasteiger partial charge in [-0.25, -0.2) is 22.0 Å². The lowest BCUT2D eigenvalue weighted by molar-refractivity contribution is -0.305. The van der Waals surface area contributed by atoms with E-state index in [0.717, 1.165) is 0 Å². The number of aryl methyl sites for hydroxylation is 2. The Hall–Kier alpha value is -2.91. The molecule has 0 unspecified atom stereocenters. The maximum absolute atomic E-state index is 13.6. The number of halogens is 5. The number of nitrogens with one attached hydrogen (secondary N) is 1. The average molecular weight is 375 g/mol. The van der Waals surface area contributed by atoms with Gasteiger partial charge in [-0.1, -0.05) is 0 Å². The molecule has 2 rings (SSSR count). The zero-order chi connectivity index (χ0) is 19.6. The monoisotopic (exact) mass is 375 g/mol. The molecule has 0 saturated carbocycles. The molecule has 0 fully saturated rings. The van der Waals surface area contributed by atoms with Crippen LogP contribution in [0.25, 0.3) is 0 Å². The summed E-state index contributed by atoms with van der Waals surface area (Å²) in [5, 5.41) is 14.1. The lowest BCUT2D eigenvalue weighted by Crippen LogP contribution is -2.22. The zero-order valence-corrected chi connectivity index (χ0v) is 13.6. The van der Waals surface area contributed by atoms with E-state index in [4.69, 9.17) is 4.42 Å².